The van der Waals surface area contributed by atoms with Gasteiger partial charge >= 0.3 is 0 Å². The predicted octanol–water partition coefficient (Wildman–Crippen LogP) is 5.25. The third kappa shape index (κ3) is 3.48. The van der Waals surface area contributed by atoms with E-state index in [1.54, 1.807) is 0 Å². The van der Waals surface area contributed by atoms with Crippen LogP contribution in [0.1, 0.15) is 48.4 Å². The molecule has 0 amide bonds. The van der Waals surface area contributed by atoms with Crippen LogP contribution < -0.4 is 5.32 Å². The number of hydrogen-bond donors (Lipinski definition) is 1. The minimum absolute atomic E-state index is 0.413. The third-order valence-electron chi connectivity index (χ3n) is 4.52. The van der Waals surface area contributed by atoms with E-state index in [1.165, 1.54) is 29.5 Å². The largest absolute Gasteiger partial charge is 0.307 e. The van der Waals surface area contributed by atoms with Crippen LogP contribution in [0.2, 0.25) is 5.02 Å². The van der Waals surface area contributed by atoms with Crippen molar-refractivity contribution >= 4 is 11.6 Å². The summed E-state index contributed by atoms with van der Waals surface area (Å²) in [7, 11) is 0. The van der Waals surface area contributed by atoms with E-state index >= 15 is 0 Å². The second-order valence-corrected chi connectivity index (χ2v) is 6.66. The molecule has 2 heteroatoms. The fourth-order valence-electron chi connectivity index (χ4n) is 3.09. The van der Waals surface area contributed by atoms with Gasteiger partial charge in [-0.25, -0.2) is 0 Å². The monoisotopic (exact) mass is 299 g/mol. The number of benzene rings is 2. The van der Waals surface area contributed by atoms with Crippen molar-refractivity contribution in [3.63, 3.8) is 0 Å². The van der Waals surface area contributed by atoms with Gasteiger partial charge in [0.05, 0.1) is 0 Å². The highest BCUT2D eigenvalue weighted by atomic mass is 35.5. The number of aryl methyl sites for hydroxylation is 1. The Morgan fingerprint density at radius 1 is 1.10 bits per heavy atom. The van der Waals surface area contributed by atoms with Gasteiger partial charge in [0.15, 0.2) is 0 Å². The van der Waals surface area contributed by atoms with E-state index < -0.39 is 0 Å². The Kier molecular flexibility index (Phi) is 4.32. The lowest BCUT2D eigenvalue weighted by Gasteiger charge is -2.38. The fraction of sp³-hybridized carbons (Fsp3) is 0.368. The summed E-state index contributed by atoms with van der Waals surface area (Å²) in [4.78, 5) is 0. The van der Waals surface area contributed by atoms with E-state index in [9.17, 15) is 0 Å². The molecule has 0 bridgehead atoms. The second-order valence-electron chi connectivity index (χ2n) is 6.22. The SMILES string of the molecule is Cc1ccc([C@@H](C)NC2CC(c3cccc(Cl)c3)C2)cc1. The molecule has 0 saturated heterocycles. The standard InChI is InChI=1S/C19H22ClN/c1-13-6-8-15(9-7-13)14(2)21-19-11-17(12-19)16-4-3-5-18(20)10-16/h3-10,14,17,19,21H,11-12H2,1-2H3/t14-,17?,19?/m1/s1. The first kappa shape index (κ1) is 14.6. The molecule has 1 fully saturated rings. The summed E-state index contributed by atoms with van der Waals surface area (Å²) in [6.45, 7) is 4.38. The van der Waals surface area contributed by atoms with Gasteiger partial charge in [0.25, 0.3) is 0 Å². The molecule has 0 unspecified atom stereocenters. The molecule has 2 aromatic carbocycles. The minimum Gasteiger partial charge on any atom is -0.307 e. The highest BCUT2D eigenvalue weighted by Crippen LogP contribution is 2.38. The van der Waals surface area contributed by atoms with Gasteiger partial charge in [-0.3, -0.25) is 0 Å². The number of halogens is 1. The van der Waals surface area contributed by atoms with Gasteiger partial charge < -0.3 is 5.32 Å². The molecule has 21 heavy (non-hydrogen) atoms. The Bertz CT molecular complexity index is 599. The van der Waals surface area contributed by atoms with Crippen LogP contribution in [0.4, 0.5) is 0 Å². The van der Waals surface area contributed by atoms with Crippen LogP contribution in [0.15, 0.2) is 48.5 Å². The summed E-state index contributed by atoms with van der Waals surface area (Å²) >= 11 is 6.07. The lowest BCUT2D eigenvalue weighted by Crippen LogP contribution is -2.41. The second kappa shape index (κ2) is 6.21. The molecule has 1 saturated carbocycles. The van der Waals surface area contributed by atoms with Crippen molar-refractivity contribution in [3.05, 3.63) is 70.2 Å². The zero-order valence-electron chi connectivity index (χ0n) is 12.6. The van der Waals surface area contributed by atoms with Gasteiger partial charge in [-0.2, -0.15) is 0 Å². The molecule has 1 aliphatic carbocycles. The number of nitrogens with one attached hydrogen (secondary N) is 1. The summed E-state index contributed by atoms with van der Waals surface area (Å²) < 4.78 is 0. The van der Waals surface area contributed by atoms with Gasteiger partial charge in [-0.1, -0.05) is 53.6 Å². The zero-order valence-corrected chi connectivity index (χ0v) is 13.4. The van der Waals surface area contributed by atoms with Crippen molar-refractivity contribution in [1.29, 1.82) is 0 Å². The number of hydrogen-bond acceptors (Lipinski definition) is 1. The molecule has 110 valence electrons. The molecular formula is C19H22ClN. The Morgan fingerprint density at radius 2 is 1.81 bits per heavy atom. The van der Waals surface area contributed by atoms with Gasteiger partial charge in [-0.05, 0) is 55.9 Å². The first-order valence-corrected chi connectivity index (χ1v) is 8.07. The van der Waals surface area contributed by atoms with Crippen molar-refractivity contribution in [1.82, 2.24) is 5.32 Å². The summed E-state index contributed by atoms with van der Waals surface area (Å²) in [5, 5.41) is 4.58. The molecule has 1 N–H and O–H groups in total. The Labute approximate surface area is 132 Å². The smallest absolute Gasteiger partial charge is 0.0408 e. The molecular weight excluding hydrogens is 278 g/mol. The predicted molar refractivity (Wildman–Crippen MR) is 89.9 cm³/mol. The van der Waals surface area contributed by atoms with E-state index in [0.29, 0.717) is 18.0 Å². The van der Waals surface area contributed by atoms with Crippen LogP contribution >= 0.6 is 11.6 Å². The molecule has 3 rings (SSSR count). The van der Waals surface area contributed by atoms with Crippen molar-refractivity contribution in [3.8, 4) is 0 Å². The molecule has 0 spiro atoms. The molecule has 0 aliphatic heterocycles. The molecule has 0 heterocycles. The lowest BCUT2D eigenvalue weighted by atomic mass is 9.75. The summed E-state index contributed by atoms with van der Waals surface area (Å²) in [5.41, 5.74) is 4.06. The minimum atomic E-state index is 0.413. The molecule has 0 radical (unpaired) electrons. The maximum Gasteiger partial charge on any atom is 0.0408 e. The van der Waals surface area contributed by atoms with Gasteiger partial charge in [0.1, 0.15) is 0 Å². The zero-order chi connectivity index (χ0) is 14.8. The van der Waals surface area contributed by atoms with Crippen LogP contribution in [-0.2, 0) is 0 Å². The molecule has 2 aromatic rings. The lowest BCUT2D eigenvalue weighted by molar-refractivity contribution is 0.271. The van der Waals surface area contributed by atoms with Crippen LogP contribution in [0, 0.1) is 6.92 Å². The van der Waals surface area contributed by atoms with Crippen LogP contribution in [0.5, 0.6) is 0 Å². The quantitative estimate of drug-likeness (QED) is 0.813. The first-order chi connectivity index (χ1) is 10.1. The average Bonchev–Trinajstić information content (AvgIpc) is 2.43. The van der Waals surface area contributed by atoms with E-state index in [4.69, 9.17) is 11.6 Å². The fourth-order valence-corrected chi connectivity index (χ4v) is 3.29. The molecule has 1 aliphatic rings. The van der Waals surface area contributed by atoms with Crippen LogP contribution in [0.3, 0.4) is 0 Å². The van der Waals surface area contributed by atoms with Gasteiger partial charge in [-0.15, -0.1) is 0 Å². The average molecular weight is 300 g/mol. The maximum atomic E-state index is 6.07. The van der Waals surface area contributed by atoms with Gasteiger partial charge in [0, 0.05) is 17.1 Å². The Balaban J connectivity index is 1.54. The maximum absolute atomic E-state index is 6.07. The van der Waals surface area contributed by atoms with E-state index in [-0.39, 0.29) is 0 Å². The summed E-state index contributed by atoms with van der Waals surface area (Å²) in [6.07, 6.45) is 2.41. The summed E-state index contributed by atoms with van der Waals surface area (Å²) in [5.74, 6) is 0.659. The summed E-state index contributed by atoms with van der Waals surface area (Å²) in [6, 6.07) is 18.1. The molecule has 0 aromatic heterocycles. The van der Waals surface area contributed by atoms with Crippen molar-refractivity contribution in [2.45, 2.75) is 44.7 Å². The third-order valence-corrected chi connectivity index (χ3v) is 4.76. The van der Waals surface area contributed by atoms with E-state index in [0.717, 1.165) is 5.02 Å². The molecule has 1 nitrogen and oxygen atoms in total. The molecule has 1 atom stereocenters. The van der Waals surface area contributed by atoms with E-state index in [1.807, 2.05) is 12.1 Å². The number of rotatable bonds is 4. The highest BCUT2D eigenvalue weighted by molar-refractivity contribution is 6.30. The van der Waals surface area contributed by atoms with Crippen LogP contribution in [0.25, 0.3) is 0 Å². The van der Waals surface area contributed by atoms with E-state index in [2.05, 4.69) is 55.6 Å². The highest BCUT2D eigenvalue weighted by Gasteiger charge is 2.31. The Morgan fingerprint density at radius 3 is 2.48 bits per heavy atom. The van der Waals surface area contributed by atoms with Gasteiger partial charge in [0.2, 0.25) is 0 Å². The topological polar surface area (TPSA) is 12.0 Å². The Hall–Kier alpha value is -1.31. The van der Waals surface area contributed by atoms with Crippen LogP contribution in [-0.4, -0.2) is 6.04 Å². The van der Waals surface area contributed by atoms with Crippen molar-refractivity contribution in [2.75, 3.05) is 0 Å². The van der Waals surface area contributed by atoms with Crippen molar-refractivity contribution < 1.29 is 0 Å². The van der Waals surface area contributed by atoms with Crippen molar-refractivity contribution in [2.24, 2.45) is 0 Å². The first-order valence-electron chi connectivity index (χ1n) is 7.70. The normalized spacial score (nSPS) is 22.6.